The van der Waals surface area contributed by atoms with Gasteiger partial charge in [0.15, 0.2) is 0 Å². The molecule has 1 heteroatoms. The van der Waals surface area contributed by atoms with Crippen molar-refractivity contribution in [2.45, 2.75) is 54.4 Å². The van der Waals surface area contributed by atoms with Crippen molar-refractivity contribution in [3.05, 3.63) is 11.6 Å². The largest absolute Gasteiger partial charge is 0.134 e. The monoisotopic (exact) mass is 214 g/mol. The highest BCUT2D eigenvalue weighted by Gasteiger charge is 2.31. The van der Waals surface area contributed by atoms with Gasteiger partial charge in [0.05, 0.1) is 0 Å². The molecule has 0 spiro atoms. The molecule has 0 saturated heterocycles. The van der Waals surface area contributed by atoms with Gasteiger partial charge in [-0.3, -0.25) is 0 Å². The first-order valence-electron chi connectivity index (χ1n) is 5.73. The Bertz CT molecular complexity index is 181. The Balaban J connectivity index is 5.07. The van der Waals surface area contributed by atoms with Crippen LogP contribution < -0.4 is 0 Å². The summed E-state index contributed by atoms with van der Waals surface area (Å²) < 4.78 is 0. The Morgan fingerprint density at radius 2 is 1.36 bits per heavy atom. The Kier molecular flexibility index (Phi) is 5.37. The quantitative estimate of drug-likeness (QED) is 0.461. The predicted molar refractivity (Wildman–Crippen MR) is 70.8 cm³/mol. The van der Waals surface area contributed by atoms with Crippen molar-refractivity contribution in [3.8, 4) is 0 Å². The van der Waals surface area contributed by atoms with E-state index in [-0.39, 0.29) is 0 Å². The average molecular weight is 214 g/mol. The minimum atomic E-state index is 0.343. The summed E-state index contributed by atoms with van der Waals surface area (Å²) in [5.74, 6) is 0. The number of allylic oxidation sites excluding steroid dienone is 2. The van der Waals surface area contributed by atoms with Gasteiger partial charge in [-0.15, -0.1) is 9.24 Å². The van der Waals surface area contributed by atoms with Gasteiger partial charge in [-0.25, -0.2) is 0 Å². The second kappa shape index (κ2) is 5.31. The highest BCUT2D eigenvalue weighted by Crippen LogP contribution is 2.43. The normalized spacial score (nSPS) is 12.8. The fraction of sp³-hybridized carbons (Fsp3) is 0.846. The predicted octanol–water partition coefficient (Wildman–Crippen LogP) is 4.66. The van der Waals surface area contributed by atoms with Gasteiger partial charge in [-0.2, -0.15) is 0 Å². The minimum absolute atomic E-state index is 0.343. The third-order valence-corrected chi connectivity index (χ3v) is 3.78. The fourth-order valence-corrected chi connectivity index (χ4v) is 2.20. The molecule has 0 aromatic heterocycles. The molecule has 0 fully saturated rings. The third kappa shape index (κ3) is 3.39. The van der Waals surface area contributed by atoms with E-state index in [1.165, 1.54) is 12.8 Å². The lowest BCUT2D eigenvalue weighted by molar-refractivity contribution is 0.299. The van der Waals surface area contributed by atoms with Gasteiger partial charge in [0.25, 0.3) is 0 Å². The second-order valence-electron chi connectivity index (χ2n) is 5.33. The maximum atomic E-state index is 2.80. The van der Waals surface area contributed by atoms with Gasteiger partial charge in [0, 0.05) is 0 Å². The molecule has 0 amide bonds. The van der Waals surface area contributed by atoms with Crippen LogP contribution in [-0.4, -0.2) is 6.16 Å². The van der Waals surface area contributed by atoms with E-state index < -0.39 is 0 Å². The topological polar surface area (TPSA) is 0 Å². The second-order valence-corrected chi connectivity index (χ2v) is 5.80. The van der Waals surface area contributed by atoms with Gasteiger partial charge in [-0.05, 0) is 29.8 Å². The average Bonchev–Trinajstić information content (AvgIpc) is 2.13. The molecule has 0 aromatic carbocycles. The van der Waals surface area contributed by atoms with Crippen LogP contribution in [0.5, 0.6) is 0 Å². The van der Waals surface area contributed by atoms with Crippen molar-refractivity contribution in [3.63, 3.8) is 0 Å². The van der Waals surface area contributed by atoms with Gasteiger partial charge < -0.3 is 0 Å². The Labute approximate surface area is 92.8 Å². The lowest BCUT2D eigenvalue weighted by Gasteiger charge is -2.38. The molecule has 1 atom stereocenters. The van der Waals surface area contributed by atoms with Crippen LogP contribution >= 0.6 is 9.24 Å². The van der Waals surface area contributed by atoms with Crippen LogP contribution in [0.25, 0.3) is 0 Å². The summed E-state index contributed by atoms with van der Waals surface area (Å²) in [5.41, 5.74) is 2.30. The minimum Gasteiger partial charge on any atom is -0.134 e. The van der Waals surface area contributed by atoms with Crippen LogP contribution in [0.15, 0.2) is 11.6 Å². The highest BCUT2D eigenvalue weighted by atomic mass is 31.0. The number of hydrogen-bond donors (Lipinski definition) is 0. The van der Waals surface area contributed by atoms with Gasteiger partial charge in [0.2, 0.25) is 0 Å². The zero-order valence-electron chi connectivity index (χ0n) is 10.8. The molecule has 14 heavy (non-hydrogen) atoms. The molecule has 0 saturated carbocycles. The van der Waals surface area contributed by atoms with E-state index >= 15 is 0 Å². The molecule has 0 aliphatic rings. The Morgan fingerprint density at radius 3 is 1.57 bits per heavy atom. The smallest absolute Gasteiger partial charge is 0.0142 e. The van der Waals surface area contributed by atoms with Crippen molar-refractivity contribution in [1.82, 2.24) is 0 Å². The Morgan fingerprint density at radius 1 is 1.00 bits per heavy atom. The summed E-state index contributed by atoms with van der Waals surface area (Å²) in [7, 11) is 2.80. The molecule has 0 bridgehead atoms. The van der Waals surface area contributed by atoms with E-state index in [1.54, 1.807) is 5.57 Å². The van der Waals surface area contributed by atoms with E-state index in [2.05, 4.69) is 56.9 Å². The molecule has 0 aromatic rings. The maximum Gasteiger partial charge on any atom is -0.0142 e. The molecule has 0 N–H and O–H groups in total. The van der Waals surface area contributed by atoms with Crippen molar-refractivity contribution >= 4 is 9.24 Å². The van der Waals surface area contributed by atoms with Crippen LogP contribution in [0, 0.1) is 10.8 Å². The lowest BCUT2D eigenvalue weighted by Crippen LogP contribution is -2.26. The van der Waals surface area contributed by atoms with E-state index in [0.29, 0.717) is 10.8 Å². The summed E-state index contributed by atoms with van der Waals surface area (Å²) in [6.07, 6.45) is 5.90. The molecule has 1 unspecified atom stereocenters. The van der Waals surface area contributed by atoms with Crippen molar-refractivity contribution < 1.29 is 0 Å². The summed E-state index contributed by atoms with van der Waals surface area (Å²) >= 11 is 0. The van der Waals surface area contributed by atoms with Crippen LogP contribution in [0.3, 0.4) is 0 Å². The number of hydrogen-bond acceptors (Lipinski definition) is 0. The zero-order chi connectivity index (χ0) is 11.4. The molecule has 0 heterocycles. The van der Waals surface area contributed by atoms with Crippen molar-refractivity contribution in [1.29, 1.82) is 0 Å². The third-order valence-electron chi connectivity index (χ3n) is 3.55. The first-order valence-corrected chi connectivity index (χ1v) is 6.54. The van der Waals surface area contributed by atoms with Crippen LogP contribution in [-0.2, 0) is 0 Å². The molecule has 0 rings (SSSR count). The van der Waals surface area contributed by atoms with Crippen LogP contribution in [0.2, 0.25) is 0 Å². The van der Waals surface area contributed by atoms with Crippen molar-refractivity contribution in [2.75, 3.05) is 6.16 Å². The van der Waals surface area contributed by atoms with Crippen molar-refractivity contribution in [2.24, 2.45) is 10.8 Å². The number of rotatable bonds is 5. The standard InChI is InChI=1S/C13H27P/c1-7-12(3,4)11(9-10-14)13(5,6)8-2/h9H,7-8,10,14H2,1-6H3. The molecular weight excluding hydrogens is 187 g/mol. The van der Waals surface area contributed by atoms with E-state index in [9.17, 15) is 0 Å². The first kappa shape index (κ1) is 14.2. The Hall–Kier alpha value is 0.170. The summed E-state index contributed by atoms with van der Waals surface area (Å²) in [5, 5.41) is 0. The fourth-order valence-electron chi connectivity index (χ4n) is 1.97. The van der Waals surface area contributed by atoms with Gasteiger partial charge in [-0.1, -0.05) is 53.2 Å². The molecule has 0 nitrogen and oxygen atoms in total. The highest BCUT2D eigenvalue weighted by molar-refractivity contribution is 7.16. The SMILES string of the molecule is CCC(C)(C)C(=CCP)C(C)(C)CC. The zero-order valence-corrected chi connectivity index (χ0v) is 11.9. The van der Waals surface area contributed by atoms with Crippen LogP contribution in [0.1, 0.15) is 54.4 Å². The van der Waals surface area contributed by atoms with Gasteiger partial charge >= 0.3 is 0 Å². The first-order chi connectivity index (χ1) is 6.31. The van der Waals surface area contributed by atoms with E-state index in [4.69, 9.17) is 0 Å². The maximum absolute atomic E-state index is 2.80. The van der Waals surface area contributed by atoms with E-state index in [1.807, 2.05) is 0 Å². The van der Waals surface area contributed by atoms with Gasteiger partial charge in [0.1, 0.15) is 0 Å². The van der Waals surface area contributed by atoms with Crippen LogP contribution in [0.4, 0.5) is 0 Å². The molecule has 0 radical (unpaired) electrons. The lowest BCUT2D eigenvalue weighted by atomic mass is 9.67. The molecular formula is C13H27P. The molecule has 84 valence electrons. The summed E-state index contributed by atoms with van der Waals surface area (Å²) in [6, 6.07) is 0. The molecule has 0 aliphatic carbocycles. The summed E-state index contributed by atoms with van der Waals surface area (Å²) in [4.78, 5) is 0. The van der Waals surface area contributed by atoms with E-state index in [0.717, 1.165) is 6.16 Å². The summed E-state index contributed by atoms with van der Waals surface area (Å²) in [6.45, 7) is 14.0. The molecule has 0 aliphatic heterocycles.